The summed E-state index contributed by atoms with van der Waals surface area (Å²) in [7, 11) is 5.59. The number of nitrogens with one attached hydrogen (secondary N) is 1. The van der Waals surface area contributed by atoms with Crippen LogP contribution in [0.2, 0.25) is 0 Å². The van der Waals surface area contributed by atoms with Crippen molar-refractivity contribution in [1.82, 2.24) is 14.9 Å². The van der Waals surface area contributed by atoms with Crippen molar-refractivity contribution in [3.8, 4) is 0 Å². The third-order valence-electron chi connectivity index (χ3n) is 2.64. The molecule has 1 rings (SSSR count). The molecule has 0 spiro atoms. The second-order valence-corrected chi connectivity index (χ2v) is 4.97. The number of aromatic nitrogens is 2. The summed E-state index contributed by atoms with van der Waals surface area (Å²) in [6.45, 7) is 6.41. The Morgan fingerprint density at radius 3 is 2.38 bits per heavy atom. The lowest BCUT2D eigenvalue weighted by atomic mass is 9.87. The minimum Gasteiger partial charge on any atom is -0.352 e. The average Bonchev–Trinajstić information content (AvgIpc) is 2.53. The third kappa shape index (κ3) is 2.13. The summed E-state index contributed by atoms with van der Waals surface area (Å²) in [5.41, 5.74) is 2.14. The molecule has 88 valence electrons. The molecule has 0 aliphatic heterocycles. The molecule has 0 saturated carbocycles. The Morgan fingerprint density at radius 1 is 1.50 bits per heavy atom. The molecule has 0 bridgehead atoms. The molecule has 1 N–H and O–H groups in total. The monoisotopic (exact) mass is 221 g/mol. The van der Waals surface area contributed by atoms with Gasteiger partial charge in [-0.05, 0) is 6.32 Å². The first kappa shape index (κ1) is 12.8. The standard InChI is InChI=1S/C11H20BN3O/c1-11(2,3)8-7(6-12)14-9(15(8)5)10(16)13-4/h6,12H2,1-5H3,(H,13,16). The first-order valence-corrected chi connectivity index (χ1v) is 5.61. The highest BCUT2D eigenvalue weighted by Crippen LogP contribution is 2.26. The maximum Gasteiger partial charge on any atom is 0.287 e. The Hall–Kier alpha value is -1.26. The highest BCUT2D eigenvalue weighted by atomic mass is 16.2. The molecule has 5 heteroatoms. The molecular weight excluding hydrogens is 201 g/mol. The smallest absolute Gasteiger partial charge is 0.287 e. The maximum atomic E-state index is 11.6. The zero-order valence-corrected chi connectivity index (χ0v) is 11.0. The molecule has 0 aliphatic carbocycles. The number of hydrogen-bond donors (Lipinski definition) is 1. The van der Waals surface area contributed by atoms with E-state index in [4.69, 9.17) is 0 Å². The predicted molar refractivity (Wildman–Crippen MR) is 67.5 cm³/mol. The molecule has 0 radical (unpaired) electrons. The molecule has 0 fully saturated rings. The summed E-state index contributed by atoms with van der Waals surface area (Å²) < 4.78 is 1.90. The van der Waals surface area contributed by atoms with Crippen LogP contribution in [-0.4, -0.2) is 30.4 Å². The van der Waals surface area contributed by atoms with Crippen LogP contribution in [0.15, 0.2) is 0 Å². The summed E-state index contributed by atoms with van der Waals surface area (Å²) in [6.07, 6.45) is 0.845. The third-order valence-corrected chi connectivity index (χ3v) is 2.64. The lowest BCUT2D eigenvalue weighted by Gasteiger charge is -2.21. The summed E-state index contributed by atoms with van der Waals surface area (Å²) in [6, 6.07) is 0. The van der Waals surface area contributed by atoms with E-state index in [0.29, 0.717) is 5.82 Å². The highest BCUT2D eigenvalue weighted by Gasteiger charge is 2.26. The van der Waals surface area contributed by atoms with Crippen molar-refractivity contribution in [2.75, 3.05) is 7.05 Å². The molecule has 0 aromatic carbocycles. The van der Waals surface area contributed by atoms with Gasteiger partial charge in [0.2, 0.25) is 0 Å². The lowest BCUT2D eigenvalue weighted by molar-refractivity contribution is 0.0949. The van der Waals surface area contributed by atoms with E-state index in [-0.39, 0.29) is 11.3 Å². The molecule has 1 heterocycles. The molecule has 0 aliphatic rings. The van der Waals surface area contributed by atoms with E-state index in [2.05, 4.69) is 38.9 Å². The minimum atomic E-state index is -0.132. The van der Waals surface area contributed by atoms with Crippen molar-refractivity contribution in [3.63, 3.8) is 0 Å². The van der Waals surface area contributed by atoms with E-state index in [1.54, 1.807) is 7.05 Å². The van der Waals surface area contributed by atoms with Crippen molar-refractivity contribution < 1.29 is 4.79 Å². The second kappa shape index (κ2) is 4.32. The topological polar surface area (TPSA) is 46.9 Å². The highest BCUT2D eigenvalue weighted by molar-refractivity contribution is 6.08. The van der Waals surface area contributed by atoms with E-state index >= 15 is 0 Å². The van der Waals surface area contributed by atoms with E-state index < -0.39 is 0 Å². The number of imidazole rings is 1. The van der Waals surface area contributed by atoms with Gasteiger partial charge in [0.05, 0.1) is 5.69 Å². The number of carbonyl (C=O) groups is 1. The van der Waals surface area contributed by atoms with Crippen LogP contribution in [0, 0.1) is 0 Å². The van der Waals surface area contributed by atoms with E-state index in [9.17, 15) is 4.79 Å². The fraction of sp³-hybridized carbons (Fsp3) is 0.636. The van der Waals surface area contributed by atoms with Gasteiger partial charge in [-0.1, -0.05) is 20.8 Å². The van der Waals surface area contributed by atoms with Crippen LogP contribution in [0.4, 0.5) is 0 Å². The predicted octanol–water partition coefficient (Wildman–Crippen LogP) is 0.210. The van der Waals surface area contributed by atoms with Crippen molar-refractivity contribution in [1.29, 1.82) is 0 Å². The molecule has 0 unspecified atom stereocenters. The van der Waals surface area contributed by atoms with Gasteiger partial charge < -0.3 is 9.88 Å². The van der Waals surface area contributed by atoms with Crippen molar-refractivity contribution >= 4 is 13.8 Å². The largest absolute Gasteiger partial charge is 0.352 e. The van der Waals surface area contributed by atoms with Gasteiger partial charge in [-0.15, -0.1) is 0 Å². The fourth-order valence-corrected chi connectivity index (χ4v) is 2.05. The first-order chi connectivity index (χ1) is 7.32. The first-order valence-electron chi connectivity index (χ1n) is 5.61. The van der Waals surface area contributed by atoms with Crippen LogP contribution in [0.1, 0.15) is 42.8 Å². The molecule has 0 saturated heterocycles. The average molecular weight is 221 g/mol. The molecular formula is C11H20BN3O. The quantitative estimate of drug-likeness (QED) is 0.725. The van der Waals surface area contributed by atoms with E-state index in [0.717, 1.165) is 17.7 Å². The van der Waals surface area contributed by atoms with Crippen LogP contribution >= 0.6 is 0 Å². The number of amides is 1. The van der Waals surface area contributed by atoms with Gasteiger partial charge in [0.25, 0.3) is 5.91 Å². The number of nitrogens with zero attached hydrogens (tertiary/aromatic N) is 2. The van der Waals surface area contributed by atoms with E-state index in [1.165, 1.54) is 0 Å². The fourth-order valence-electron chi connectivity index (χ4n) is 2.05. The summed E-state index contributed by atoms with van der Waals surface area (Å²) in [5.74, 6) is 0.358. The molecule has 16 heavy (non-hydrogen) atoms. The molecule has 1 amide bonds. The van der Waals surface area contributed by atoms with Gasteiger partial charge in [-0.2, -0.15) is 0 Å². The van der Waals surface area contributed by atoms with Crippen molar-refractivity contribution in [2.45, 2.75) is 32.5 Å². The number of rotatable bonds is 2. The molecule has 1 aromatic heterocycles. The minimum absolute atomic E-state index is 0.000630. The van der Waals surface area contributed by atoms with Crippen LogP contribution < -0.4 is 5.32 Å². The Morgan fingerprint density at radius 2 is 2.06 bits per heavy atom. The number of carbonyl (C=O) groups excluding carboxylic acids is 1. The van der Waals surface area contributed by atoms with Crippen LogP contribution in [-0.2, 0) is 18.8 Å². The SMILES string of the molecule is BCc1nc(C(=O)NC)n(C)c1C(C)(C)C. The van der Waals surface area contributed by atoms with Crippen LogP contribution in [0.5, 0.6) is 0 Å². The number of hydrogen-bond acceptors (Lipinski definition) is 2. The van der Waals surface area contributed by atoms with Crippen molar-refractivity contribution in [2.24, 2.45) is 7.05 Å². The van der Waals surface area contributed by atoms with Crippen LogP contribution in [0.3, 0.4) is 0 Å². The Kier molecular flexibility index (Phi) is 3.46. The van der Waals surface area contributed by atoms with Gasteiger partial charge >= 0.3 is 0 Å². The van der Waals surface area contributed by atoms with Gasteiger partial charge in [0, 0.05) is 25.2 Å². The van der Waals surface area contributed by atoms with Gasteiger partial charge in [-0.3, -0.25) is 4.79 Å². The van der Waals surface area contributed by atoms with Gasteiger partial charge in [-0.25, -0.2) is 4.98 Å². The lowest BCUT2D eigenvalue weighted by Crippen LogP contribution is -2.24. The van der Waals surface area contributed by atoms with E-state index in [1.807, 2.05) is 11.6 Å². The second-order valence-electron chi connectivity index (χ2n) is 4.97. The zero-order chi connectivity index (χ0) is 12.5. The Bertz CT molecular complexity index is 404. The summed E-state index contributed by atoms with van der Waals surface area (Å²) >= 11 is 0. The summed E-state index contributed by atoms with van der Waals surface area (Å²) in [5, 5.41) is 2.62. The van der Waals surface area contributed by atoms with Crippen LogP contribution in [0.25, 0.3) is 0 Å². The van der Waals surface area contributed by atoms with Crippen molar-refractivity contribution in [3.05, 3.63) is 17.2 Å². The summed E-state index contributed by atoms with van der Waals surface area (Å²) in [4.78, 5) is 16.1. The Labute approximate surface area is 97.9 Å². The van der Waals surface area contributed by atoms with Gasteiger partial charge in [0.15, 0.2) is 5.82 Å². The zero-order valence-electron chi connectivity index (χ0n) is 11.0. The Balaban J connectivity index is 3.38. The molecule has 4 nitrogen and oxygen atoms in total. The molecule has 1 aromatic rings. The maximum absolute atomic E-state index is 11.6. The molecule has 0 atom stereocenters. The van der Waals surface area contributed by atoms with Gasteiger partial charge in [0.1, 0.15) is 7.85 Å². The normalized spacial score (nSPS) is 11.6.